The molecule has 6 heteroatoms. The smallest absolute Gasteiger partial charge is 0.243 e. The summed E-state index contributed by atoms with van der Waals surface area (Å²) in [5.74, 6) is -0.319. The van der Waals surface area contributed by atoms with Crippen LogP contribution in [0.3, 0.4) is 0 Å². The lowest BCUT2D eigenvalue weighted by atomic mass is 9.87. The van der Waals surface area contributed by atoms with E-state index in [0.29, 0.717) is 17.5 Å². The zero-order valence-corrected chi connectivity index (χ0v) is 20.7. The van der Waals surface area contributed by atoms with Gasteiger partial charge in [-0.15, -0.1) is 0 Å². The first-order valence-electron chi connectivity index (χ1n) is 11.7. The summed E-state index contributed by atoms with van der Waals surface area (Å²) in [6, 6.07) is 13.9. The maximum Gasteiger partial charge on any atom is 0.243 e. The Morgan fingerprint density at radius 1 is 1.03 bits per heavy atom. The van der Waals surface area contributed by atoms with Gasteiger partial charge in [0.2, 0.25) is 10.0 Å². The van der Waals surface area contributed by atoms with Crippen molar-refractivity contribution in [3.63, 3.8) is 0 Å². The molecular weight excluding hydrogens is 423 g/mol. The van der Waals surface area contributed by atoms with Crippen LogP contribution in [-0.2, 0) is 22.0 Å². The van der Waals surface area contributed by atoms with Gasteiger partial charge >= 0.3 is 0 Å². The summed E-state index contributed by atoms with van der Waals surface area (Å²) in [7, 11) is -3.67. The van der Waals surface area contributed by atoms with Crippen LogP contribution in [0.2, 0.25) is 0 Å². The molecule has 0 spiro atoms. The second-order valence-corrected chi connectivity index (χ2v) is 11.9. The minimum atomic E-state index is -3.67. The SMILES string of the molecule is CC1CCCCN1CCCN(Cc1ccc(F)cc1)S(=O)(=O)c1ccc(C(C)(C)C)cc1. The second-order valence-electron chi connectivity index (χ2n) is 9.97. The molecule has 0 bridgehead atoms. The average molecular weight is 461 g/mol. The van der Waals surface area contributed by atoms with Gasteiger partial charge in [-0.3, -0.25) is 0 Å². The molecule has 1 unspecified atom stereocenters. The molecule has 2 aromatic carbocycles. The number of sulfonamides is 1. The molecule has 32 heavy (non-hydrogen) atoms. The fourth-order valence-corrected chi connectivity index (χ4v) is 5.76. The van der Waals surface area contributed by atoms with Crippen molar-refractivity contribution in [2.24, 2.45) is 0 Å². The van der Waals surface area contributed by atoms with Gasteiger partial charge < -0.3 is 4.90 Å². The van der Waals surface area contributed by atoms with Gasteiger partial charge in [-0.2, -0.15) is 4.31 Å². The van der Waals surface area contributed by atoms with E-state index in [1.807, 2.05) is 12.1 Å². The highest BCUT2D eigenvalue weighted by Crippen LogP contribution is 2.26. The highest BCUT2D eigenvalue weighted by atomic mass is 32.2. The maximum atomic E-state index is 13.5. The number of rotatable bonds is 8. The molecule has 4 nitrogen and oxygen atoms in total. The predicted octanol–water partition coefficient (Wildman–Crippen LogP) is 5.58. The Labute approximate surface area is 193 Å². The molecule has 1 atom stereocenters. The molecule has 1 heterocycles. The van der Waals surface area contributed by atoms with E-state index < -0.39 is 10.0 Å². The molecule has 3 rings (SSSR count). The summed E-state index contributed by atoms with van der Waals surface area (Å²) < 4.78 is 42.0. The molecule has 0 saturated carbocycles. The van der Waals surface area contributed by atoms with Gasteiger partial charge in [-0.1, -0.05) is 51.5 Å². The molecule has 0 aliphatic carbocycles. The standard InChI is InChI=1S/C26H37FN2O2S/c1-21-8-5-6-17-28(21)18-7-19-29(20-22-9-13-24(27)14-10-22)32(30,31)25-15-11-23(12-16-25)26(2,3)4/h9-16,21H,5-8,17-20H2,1-4H3. The van der Waals surface area contributed by atoms with Crippen molar-refractivity contribution in [3.05, 3.63) is 65.5 Å². The largest absolute Gasteiger partial charge is 0.301 e. The number of hydrogen-bond acceptors (Lipinski definition) is 3. The van der Waals surface area contributed by atoms with E-state index >= 15 is 0 Å². The van der Waals surface area contributed by atoms with Crippen LogP contribution in [0.1, 0.15) is 64.5 Å². The Bertz CT molecular complexity index is 966. The zero-order chi connectivity index (χ0) is 23.4. The number of piperidine rings is 1. The first-order valence-corrected chi connectivity index (χ1v) is 13.1. The van der Waals surface area contributed by atoms with Crippen LogP contribution in [0.25, 0.3) is 0 Å². The number of benzene rings is 2. The summed E-state index contributed by atoms with van der Waals surface area (Å²) in [5.41, 5.74) is 1.84. The van der Waals surface area contributed by atoms with E-state index in [9.17, 15) is 12.8 Å². The van der Waals surface area contributed by atoms with Gasteiger partial charge in [0.25, 0.3) is 0 Å². The fraction of sp³-hybridized carbons (Fsp3) is 0.538. The summed E-state index contributed by atoms with van der Waals surface area (Å²) in [4.78, 5) is 2.77. The van der Waals surface area contributed by atoms with E-state index in [0.717, 1.165) is 30.6 Å². The van der Waals surface area contributed by atoms with Crippen molar-refractivity contribution in [1.29, 1.82) is 0 Å². The fourth-order valence-electron chi connectivity index (χ4n) is 4.29. The quantitative estimate of drug-likeness (QED) is 0.516. The van der Waals surface area contributed by atoms with Gasteiger partial charge in [0, 0.05) is 19.1 Å². The molecule has 176 valence electrons. The first kappa shape index (κ1) is 24.9. The van der Waals surface area contributed by atoms with Crippen LogP contribution in [0, 0.1) is 5.82 Å². The molecule has 0 aromatic heterocycles. The summed E-state index contributed by atoms with van der Waals surface area (Å²) in [6.07, 6.45) is 4.46. The predicted molar refractivity (Wildman–Crippen MR) is 129 cm³/mol. The lowest BCUT2D eigenvalue weighted by Gasteiger charge is -2.34. The lowest BCUT2D eigenvalue weighted by molar-refractivity contribution is 0.155. The van der Waals surface area contributed by atoms with E-state index in [1.165, 1.54) is 31.4 Å². The van der Waals surface area contributed by atoms with E-state index in [4.69, 9.17) is 0 Å². The Morgan fingerprint density at radius 2 is 1.69 bits per heavy atom. The Kier molecular flexibility index (Phi) is 8.12. The van der Waals surface area contributed by atoms with Crippen LogP contribution in [0.5, 0.6) is 0 Å². The Morgan fingerprint density at radius 3 is 2.28 bits per heavy atom. The van der Waals surface area contributed by atoms with Crippen LogP contribution < -0.4 is 0 Å². The minimum Gasteiger partial charge on any atom is -0.301 e. The highest BCUT2D eigenvalue weighted by molar-refractivity contribution is 7.89. The zero-order valence-electron chi connectivity index (χ0n) is 19.9. The third kappa shape index (κ3) is 6.40. The van der Waals surface area contributed by atoms with Crippen molar-refractivity contribution in [1.82, 2.24) is 9.21 Å². The van der Waals surface area contributed by atoms with E-state index in [2.05, 4.69) is 32.6 Å². The van der Waals surface area contributed by atoms with Crippen molar-refractivity contribution in [2.45, 2.75) is 76.3 Å². The molecule has 2 aromatic rings. The molecule has 0 amide bonds. The number of nitrogens with zero attached hydrogens (tertiary/aromatic N) is 2. The van der Waals surface area contributed by atoms with E-state index in [1.54, 1.807) is 28.6 Å². The van der Waals surface area contributed by atoms with Crippen LogP contribution in [0.4, 0.5) is 4.39 Å². The van der Waals surface area contributed by atoms with Crippen molar-refractivity contribution < 1.29 is 12.8 Å². The second kappa shape index (κ2) is 10.4. The molecule has 1 fully saturated rings. The van der Waals surface area contributed by atoms with Crippen LogP contribution in [-0.4, -0.2) is 43.3 Å². The summed E-state index contributed by atoms with van der Waals surface area (Å²) >= 11 is 0. The Balaban J connectivity index is 1.78. The maximum absolute atomic E-state index is 13.5. The van der Waals surface area contributed by atoms with Gasteiger partial charge in [0.15, 0.2) is 0 Å². The third-order valence-electron chi connectivity index (χ3n) is 6.42. The minimum absolute atomic E-state index is 0.0404. The molecule has 1 saturated heterocycles. The number of likely N-dealkylation sites (tertiary alicyclic amines) is 1. The normalized spacial score (nSPS) is 18.2. The molecule has 1 aliphatic heterocycles. The molecule has 1 aliphatic rings. The molecular formula is C26H37FN2O2S. The lowest BCUT2D eigenvalue weighted by Crippen LogP contribution is -2.40. The monoisotopic (exact) mass is 460 g/mol. The van der Waals surface area contributed by atoms with Crippen LogP contribution >= 0.6 is 0 Å². The van der Waals surface area contributed by atoms with Gasteiger partial charge in [0.1, 0.15) is 5.82 Å². The van der Waals surface area contributed by atoms with Crippen molar-refractivity contribution in [3.8, 4) is 0 Å². The van der Waals surface area contributed by atoms with Gasteiger partial charge in [0.05, 0.1) is 4.90 Å². The number of hydrogen-bond donors (Lipinski definition) is 0. The van der Waals surface area contributed by atoms with Crippen molar-refractivity contribution >= 4 is 10.0 Å². The third-order valence-corrected chi connectivity index (χ3v) is 8.28. The Hall–Kier alpha value is -1.76. The summed E-state index contributed by atoms with van der Waals surface area (Å²) in [5, 5.41) is 0. The van der Waals surface area contributed by atoms with Crippen molar-refractivity contribution in [2.75, 3.05) is 19.6 Å². The van der Waals surface area contributed by atoms with Crippen LogP contribution in [0.15, 0.2) is 53.4 Å². The average Bonchev–Trinajstić information content (AvgIpc) is 2.75. The molecule has 0 N–H and O–H groups in total. The van der Waals surface area contributed by atoms with E-state index in [-0.39, 0.29) is 17.8 Å². The van der Waals surface area contributed by atoms with Gasteiger partial charge in [-0.05, 0) is 80.1 Å². The summed E-state index contributed by atoms with van der Waals surface area (Å²) in [6.45, 7) is 11.2. The topological polar surface area (TPSA) is 40.6 Å². The van der Waals surface area contributed by atoms with Gasteiger partial charge in [-0.25, -0.2) is 12.8 Å². The molecule has 0 radical (unpaired) electrons. The number of halogens is 1. The first-order chi connectivity index (χ1) is 15.1. The highest BCUT2D eigenvalue weighted by Gasteiger charge is 2.26.